The molecular weight excluding hydrogens is 360 g/mol. The minimum Gasteiger partial charge on any atom is -0.376 e. The van der Waals surface area contributed by atoms with Crippen molar-refractivity contribution < 1.29 is 4.74 Å². The summed E-state index contributed by atoms with van der Waals surface area (Å²) in [5.74, 6) is 2.55. The maximum absolute atomic E-state index is 5.98. The lowest BCUT2D eigenvalue weighted by Gasteiger charge is -2.30. The Morgan fingerprint density at radius 1 is 1.07 bits per heavy atom. The van der Waals surface area contributed by atoms with Crippen LogP contribution in [0.15, 0.2) is 35.3 Å². The molecule has 2 saturated heterocycles. The van der Waals surface area contributed by atoms with Crippen LogP contribution in [-0.2, 0) is 11.3 Å². The predicted octanol–water partition coefficient (Wildman–Crippen LogP) is 3.61. The number of ether oxygens (including phenoxy) is 1. The third kappa shape index (κ3) is 7.31. The van der Waals surface area contributed by atoms with E-state index >= 15 is 0 Å². The van der Waals surface area contributed by atoms with E-state index in [1.54, 1.807) is 0 Å². The van der Waals surface area contributed by atoms with Crippen molar-refractivity contribution in [3.05, 3.63) is 35.9 Å². The lowest BCUT2D eigenvalue weighted by atomic mass is 9.94. The van der Waals surface area contributed by atoms with Crippen molar-refractivity contribution in [3.63, 3.8) is 0 Å². The molecule has 2 aliphatic rings. The quantitative estimate of drug-likeness (QED) is 0.508. The smallest absolute Gasteiger partial charge is 0.193 e. The highest BCUT2D eigenvalue weighted by Crippen LogP contribution is 2.21. The molecule has 0 saturated carbocycles. The average molecular weight is 401 g/mol. The Balaban J connectivity index is 1.39. The van der Waals surface area contributed by atoms with E-state index in [2.05, 4.69) is 53.2 Å². The molecule has 2 fully saturated rings. The fourth-order valence-electron chi connectivity index (χ4n) is 4.45. The molecule has 1 atom stereocenters. The molecule has 29 heavy (non-hydrogen) atoms. The van der Waals surface area contributed by atoms with Gasteiger partial charge in [0.1, 0.15) is 0 Å². The van der Waals surface area contributed by atoms with E-state index in [4.69, 9.17) is 9.73 Å². The molecule has 5 nitrogen and oxygen atoms in total. The van der Waals surface area contributed by atoms with E-state index in [0.717, 1.165) is 44.7 Å². The van der Waals surface area contributed by atoms with E-state index < -0.39 is 0 Å². The van der Waals surface area contributed by atoms with Crippen molar-refractivity contribution in [2.45, 2.75) is 46.1 Å². The fraction of sp³-hybridized carbons (Fsp3) is 0.708. The summed E-state index contributed by atoms with van der Waals surface area (Å²) in [7, 11) is 0. The standard InChI is InChI=1S/C24H40N4O/c1-3-25-24(26-14-10-21-11-15-27(4-2)16-12-21)28-17-13-23(18-28)20-29-19-22-8-6-5-7-9-22/h5-9,21,23H,3-4,10-20H2,1-2H3,(H,25,26). The van der Waals surface area contributed by atoms with Crippen LogP contribution in [0, 0.1) is 11.8 Å². The minimum absolute atomic E-state index is 0.598. The first-order valence-electron chi connectivity index (χ1n) is 11.7. The summed E-state index contributed by atoms with van der Waals surface area (Å²) < 4.78 is 5.98. The topological polar surface area (TPSA) is 40.1 Å². The zero-order valence-electron chi connectivity index (χ0n) is 18.5. The van der Waals surface area contributed by atoms with Crippen LogP contribution < -0.4 is 5.32 Å². The molecule has 5 heteroatoms. The van der Waals surface area contributed by atoms with Gasteiger partial charge in [-0.05, 0) is 63.7 Å². The maximum Gasteiger partial charge on any atom is 0.193 e. The normalized spacial score (nSPS) is 21.7. The van der Waals surface area contributed by atoms with Crippen LogP contribution >= 0.6 is 0 Å². The first kappa shape index (κ1) is 22.1. The maximum atomic E-state index is 5.98. The number of nitrogens with zero attached hydrogens (tertiary/aromatic N) is 3. The summed E-state index contributed by atoms with van der Waals surface area (Å²) in [5, 5.41) is 3.51. The molecule has 0 amide bonds. The van der Waals surface area contributed by atoms with Crippen molar-refractivity contribution in [2.24, 2.45) is 16.8 Å². The van der Waals surface area contributed by atoms with Gasteiger partial charge in [0, 0.05) is 32.1 Å². The summed E-state index contributed by atoms with van der Waals surface area (Å²) in [6.07, 6.45) is 5.09. The molecule has 162 valence electrons. The van der Waals surface area contributed by atoms with Gasteiger partial charge < -0.3 is 19.9 Å². The van der Waals surface area contributed by atoms with Gasteiger partial charge >= 0.3 is 0 Å². The number of piperidine rings is 1. The Kier molecular flexibility index (Phi) is 9.29. The van der Waals surface area contributed by atoms with Crippen molar-refractivity contribution in [1.82, 2.24) is 15.1 Å². The van der Waals surface area contributed by atoms with Crippen LogP contribution in [0.25, 0.3) is 0 Å². The second-order valence-corrected chi connectivity index (χ2v) is 8.50. The molecule has 2 heterocycles. The number of benzene rings is 1. The molecule has 1 aromatic rings. The Bertz CT molecular complexity index is 598. The zero-order valence-corrected chi connectivity index (χ0v) is 18.5. The fourth-order valence-corrected chi connectivity index (χ4v) is 4.45. The number of rotatable bonds is 9. The third-order valence-corrected chi connectivity index (χ3v) is 6.34. The Morgan fingerprint density at radius 2 is 1.83 bits per heavy atom. The van der Waals surface area contributed by atoms with E-state index in [9.17, 15) is 0 Å². The predicted molar refractivity (Wildman–Crippen MR) is 121 cm³/mol. The lowest BCUT2D eigenvalue weighted by molar-refractivity contribution is 0.0906. The van der Waals surface area contributed by atoms with Crippen LogP contribution in [-0.4, -0.2) is 68.2 Å². The van der Waals surface area contributed by atoms with Gasteiger partial charge in [-0.15, -0.1) is 0 Å². The average Bonchev–Trinajstić information content (AvgIpc) is 3.23. The molecule has 0 aromatic heterocycles. The molecule has 0 bridgehead atoms. The van der Waals surface area contributed by atoms with Crippen LogP contribution in [0.1, 0.15) is 45.1 Å². The molecule has 0 aliphatic carbocycles. The minimum atomic E-state index is 0.598. The second kappa shape index (κ2) is 12.2. The Morgan fingerprint density at radius 3 is 2.55 bits per heavy atom. The third-order valence-electron chi connectivity index (χ3n) is 6.34. The summed E-state index contributed by atoms with van der Waals surface area (Å²) in [4.78, 5) is 9.96. The van der Waals surface area contributed by atoms with Crippen molar-refractivity contribution >= 4 is 5.96 Å². The van der Waals surface area contributed by atoms with E-state index in [0.29, 0.717) is 12.5 Å². The van der Waals surface area contributed by atoms with Gasteiger partial charge in [-0.3, -0.25) is 4.99 Å². The van der Waals surface area contributed by atoms with Gasteiger partial charge in [-0.2, -0.15) is 0 Å². The van der Waals surface area contributed by atoms with Crippen LogP contribution in [0.5, 0.6) is 0 Å². The monoisotopic (exact) mass is 400 g/mol. The van der Waals surface area contributed by atoms with Crippen molar-refractivity contribution in [1.29, 1.82) is 0 Å². The van der Waals surface area contributed by atoms with E-state index in [1.807, 2.05) is 6.07 Å². The highest BCUT2D eigenvalue weighted by Gasteiger charge is 2.25. The van der Waals surface area contributed by atoms with Gasteiger partial charge in [-0.25, -0.2) is 0 Å². The summed E-state index contributed by atoms with van der Waals surface area (Å²) in [5.41, 5.74) is 1.25. The second-order valence-electron chi connectivity index (χ2n) is 8.50. The van der Waals surface area contributed by atoms with Crippen molar-refractivity contribution in [2.75, 3.05) is 52.4 Å². The number of nitrogens with one attached hydrogen (secondary N) is 1. The summed E-state index contributed by atoms with van der Waals surface area (Å²) in [6, 6.07) is 10.4. The highest BCUT2D eigenvalue weighted by atomic mass is 16.5. The van der Waals surface area contributed by atoms with Crippen LogP contribution in [0.3, 0.4) is 0 Å². The molecule has 0 radical (unpaired) electrons. The largest absolute Gasteiger partial charge is 0.376 e. The highest BCUT2D eigenvalue weighted by molar-refractivity contribution is 5.80. The number of likely N-dealkylation sites (tertiary alicyclic amines) is 2. The Labute approximate surface area is 177 Å². The Hall–Kier alpha value is -1.59. The van der Waals surface area contributed by atoms with Gasteiger partial charge in [0.25, 0.3) is 0 Å². The molecule has 0 spiro atoms. The first-order valence-corrected chi connectivity index (χ1v) is 11.7. The molecular formula is C24H40N4O. The lowest BCUT2D eigenvalue weighted by Crippen LogP contribution is -2.40. The first-order chi connectivity index (χ1) is 14.3. The molecule has 1 aromatic carbocycles. The number of aliphatic imine (C=N–C) groups is 1. The van der Waals surface area contributed by atoms with Crippen LogP contribution in [0.2, 0.25) is 0 Å². The summed E-state index contributed by atoms with van der Waals surface area (Å²) >= 11 is 0. The summed E-state index contributed by atoms with van der Waals surface area (Å²) in [6.45, 7) is 13.7. The van der Waals surface area contributed by atoms with Gasteiger partial charge in [0.05, 0.1) is 13.2 Å². The van der Waals surface area contributed by atoms with Gasteiger partial charge in [-0.1, -0.05) is 37.3 Å². The molecule has 2 aliphatic heterocycles. The molecule has 1 unspecified atom stereocenters. The van der Waals surface area contributed by atoms with E-state index in [1.165, 1.54) is 50.9 Å². The molecule has 1 N–H and O–H groups in total. The van der Waals surface area contributed by atoms with Crippen molar-refractivity contribution in [3.8, 4) is 0 Å². The van der Waals surface area contributed by atoms with E-state index in [-0.39, 0.29) is 0 Å². The number of hydrogen-bond donors (Lipinski definition) is 1. The van der Waals surface area contributed by atoms with Gasteiger partial charge in [0.2, 0.25) is 0 Å². The van der Waals surface area contributed by atoms with Gasteiger partial charge in [0.15, 0.2) is 5.96 Å². The molecule has 3 rings (SSSR count). The zero-order chi connectivity index (χ0) is 20.3. The number of hydrogen-bond acceptors (Lipinski definition) is 3. The number of guanidine groups is 1. The SMILES string of the molecule is CCNC(=NCCC1CCN(CC)CC1)N1CCC(COCc2ccccc2)C1. The van der Waals surface area contributed by atoms with Crippen LogP contribution in [0.4, 0.5) is 0 Å².